The van der Waals surface area contributed by atoms with E-state index in [-0.39, 0.29) is 25.3 Å². The average molecular weight is 451 g/mol. The third-order valence-corrected chi connectivity index (χ3v) is 8.07. The Hall–Kier alpha value is -1.20. The van der Waals surface area contributed by atoms with Crippen LogP contribution in [0.2, 0.25) is 0 Å². The Bertz CT molecular complexity index is 716. The molecular formula is C27H40F2O3. The second-order valence-electron chi connectivity index (χ2n) is 10.3. The van der Waals surface area contributed by atoms with E-state index < -0.39 is 5.67 Å². The molecule has 1 saturated heterocycles. The molecule has 0 atom stereocenters. The summed E-state index contributed by atoms with van der Waals surface area (Å²) >= 11 is 0. The molecule has 1 aromatic rings. The van der Waals surface area contributed by atoms with Crippen LogP contribution in [0, 0.1) is 23.6 Å². The molecule has 32 heavy (non-hydrogen) atoms. The van der Waals surface area contributed by atoms with Gasteiger partial charge in [-0.05, 0) is 94.1 Å². The van der Waals surface area contributed by atoms with E-state index in [9.17, 15) is 8.78 Å². The van der Waals surface area contributed by atoms with Gasteiger partial charge in [-0.25, -0.2) is 8.78 Å². The van der Waals surface area contributed by atoms with Gasteiger partial charge >= 0.3 is 0 Å². The van der Waals surface area contributed by atoms with E-state index in [1.54, 1.807) is 0 Å². The number of hydrogen-bond acceptors (Lipinski definition) is 3. The zero-order valence-corrected chi connectivity index (χ0v) is 19.8. The van der Waals surface area contributed by atoms with Gasteiger partial charge in [0.25, 0.3) is 0 Å². The first-order valence-electron chi connectivity index (χ1n) is 12.9. The average Bonchev–Trinajstić information content (AvgIpc) is 2.80. The van der Waals surface area contributed by atoms with E-state index in [1.165, 1.54) is 31.7 Å². The minimum absolute atomic E-state index is 0.122. The van der Waals surface area contributed by atoms with Crippen LogP contribution in [0.3, 0.4) is 0 Å². The number of benzene rings is 1. The van der Waals surface area contributed by atoms with Crippen molar-refractivity contribution < 1.29 is 23.0 Å². The maximum atomic E-state index is 14.6. The molecule has 1 aliphatic heterocycles. The molecule has 180 valence electrons. The highest BCUT2D eigenvalue weighted by atomic mass is 19.1. The molecule has 2 saturated carbocycles. The molecule has 0 amide bonds. The molecule has 0 bridgehead atoms. The molecule has 0 aromatic heterocycles. The topological polar surface area (TPSA) is 27.7 Å². The number of ether oxygens (including phenoxy) is 3. The van der Waals surface area contributed by atoms with E-state index in [0.717, 1.165) is 49.5 Å². The van der Waals surface area contributed by atoms with Crippen molar-refractivity contribution in [2.45, 2.75) is 95.9 Å². The van der Waals surface area contributed by atoms with Crippen molar-refractivity contribution in [3.05, 3.63) is 29.6 Å². The largest absolute Gasteiger partial charge is 0.494 e. The highest BCUT2D eigenvalue weighted by molar-refractivity contribution is 5.31. The number of hydrogen-bond donors (Lipinski definition) is 0. The summed E-state index contributed by atoms with van der Waals surface area (Å²) in [6.07, 6.45) is 10.2. The summed E-state index contributed by atoms with van der Waals surface area (Å²) in [4.78, 5) is 0. The van der Waals surface area contributed by atoms with Gasteiger partial charge in [0.2, 0.25) is 0 Å². The van der Waals surface area contributed by atoms with E-state index in [4.69, 9.17) is 14.2 Å². The van der Waals surface area contributed by atoms with Crippen molar-refractivity contribution in [2.75, 3.05) is 19.8 Å². The van der Waals surface area contributed by atoms with Crippen molar-refractivity contribution in [1.29, 1.82) is 0 Å². The van der Waals surface area contributed by atoms with Gasteiger partial charge in [0, 0.05) is 12.0 Å². The summed E-state index contributed by atoms with van der Waals surface area (Å²) in [5.74, 6) is 2.71. The third-order valence-electron chi connectivity index (χ3n) is 8.07. The lowest BCUT2D eigenvalue weighted by Gasteiger charge is -2.42. The molecule has 0 radical (unpaired) electrons. The quantitative estimate of drug-likeness (QED) is 0.440. The Labute approximate surface area is 192 Å². The van der Waals surface area contributed by atoms with Crippen LogP contribution in [0.5, 0.6) is 5.75 Å². The number of alkyl halides is 1. The lowest BCUT2D eigenvalue weighted by atomic mass is 9.68. The summed E-state index contributed by atoms with van der Waals surface area (Å²) in [6, 6.07) is 5.37. The monoisotopic (exact) mass is 450 g/mol. The smallest absolute Gasteiger partial charge is 0.160 e. The van der Waals surface area contributed by atoms with Crippen LogP contribution in [-0.4, -0.2) is 31.8 Å². The van der Waals surface area contributed by atoms with Crippen LogP contribution >= 0.6 is 0 Å². The molecule has 1 aromatic carbocycles. The summed E-state index contributed by atoms with van der Waals surface area (Å²) in [5.41, 5.74) is -0.446. The van der Waals surface area contributed by atoms with Crippen LogP contribution in [0.15, 0.2) is 18.2 Å². The predicted molar refractivity (Wildman–Crippen MR) is 122 cm³/mol. The Morgan fingerprint density at radius 3 is 2.06 bits per heavy atom. The zero-order valence-electron chi connectivity index (χ0n) is 19.8. The van der Waals surface area contributed by atoms with E-state index >= 15 is 0 Å². The molecule has 4 rings (SSSR count). The van der Waals surface area contributed by atoms with Crippen molar-refractivity contribution in [2.24, 2.45) is 17.8 Å². The van der Waals surface area contributed by atoms with Gasteiger partial charge in [-0.1, -0.05) is 19.4 Å². The number of rotatable bonds is 7. The maximum absolute atomic E-state index is 14.6. The van der Waals surface area contributed by atoms with Gasteiger partial charge in [0.1, 0.15) is 11.6 Å². The van der Waals surface area contributed by atoms with E-state index in [0.29, 0.717) is 30.6 Å². The third kappa shape index (κ3) is 5.64. The first-order chi connectivity index (χ1) is 15.5. The van der Waals surface area contributed by atoms with Crippen LogP contribution in [0.4, 0.5) is 8.78 Å². The van der Waals surface area contributed by atoms with E-state index in [1.807, 2.05) is 26.0 Å². The Morgan fingerprint density at radius 2 is 1.50 bits per heavy atom. The van der Waals surface area contributed by atoms with Crippen molar-refractivity contribution in [3.63, 3.8) is 0 Å². The SMILES string of the molecule is CCCC1(F)COC(C2CCC(C3CCC(c4ccc(OCC)cc4F)CC3)CC2)OC1. The molecule has 0 unspecified atom stereocenters. The molecule has 5 heteroatoms. The summed E-state index contributed by atoms with van der Waals surface area (Å²) in [7, 11) is 0. The highest BCUT2D eigenvalue weighted by Crippen LogP contribution is 2.45. The van der Waals surface area contributed by atoms with Crippen molar-refractivity contribution >= 4 is 0 Å². The second-order valence-corrected chi connectivity index (χ2v) is 10.3. The summed E-state index contributed by atoms with van der Waals surface area (Å²) in [6.45, 7) is 4.82. The van der Waals surface area contributed by atoms with Gasteiger partial charge in [0.05, 0.1) is 19.8 Å². The maximum Gasteiger partial charge on any atom is 0.160 e. The Kier molecular flexibility index (Phi) is 8.09. The van der Waals surface area contributed by atoms with Gasteiger partial charge in [-0.15, -0.1) is 0 Å². The normalized spacial score (nSPS) is 36.1. The van der Waals surface area contributed by atoms with Gasteiger partial charge in [-0.3, -0.25) is 0 Å². The molecular weight excluding hydrogens is 410 g/mol. The van der Waals surface area contributed by atoms with Gasteiger partial charge in [0.15, 0.2) is 12.0 Å². The van der Waals surface area contributed by atoms with Gasteiger partial charge < -0.3 is 14.2 Å². The molecule has 0 spiro atoms. The van der Waals surface area contributed by atoms with Crippen LogP contribution < -0.4 is 4.74 Å². The van der Waals surface area contributed by atoms with Crippen LogP contribution in [0.1, 0.15) is 89.5 Å². The van der Waals surface area contributed by atoms with Crippen LogP contribution in [0.25, 0.3) is 0 Å². The summed E-state index contributed by atoms with van der Waals surface area (Å²) in [5, 5.41) is 0. The van der Waals surface area contributed by atoms with Crippen molar-refractivity contribution in [3.8, 4) is 5.75 Å². The molecule has 2 aliphatic carbocycles. The molecule has 3 nitrogen and oxygen atoms in total. The van der Waals surface area contributed by atoms with Crippen molar-refractivity contribution in [1.82, 2.24) is 0 Å². The summed E-state index contributed by atoms with van der Waals surface area (Å²) < 4.78 is 46.2. The molecule has 3 aliphatic rings. The lowest BCUT2D eigenvalue weighted by molar-refractivity contribution is -0.258. The fourth-order valence-electron chi connectivity index (χ4n) is 6.30. The van der Waals surface area contributed by atoms with E-state index in [2.05, 4.69) is 0 Å². The highest BCUT2D eigenvalue weighted by Gasteiger charge is 2.41. The molecule has 0 N–H and O–H groups in total. The Balaban J connectivity index is 1.22. The first kappa shape index (κ1) is 23.9. The number of halogens is 2. The minimum Gasteiger partial charge on any atom is -0.494 e. The predicted octanol–water partition coefficient (Wildman–Crippen LogP) is 7.19. The first-order valence-corrected chi connectivity index (χ1v) is 12.9. The van der Waals surface area contributed by atoms with Gasteiger partial charge in [-0.2, -0.15) is 0 Å². The lowest BCUT2D eigenvalue weighted by Crippen LogP contribution is -2.47. The molecule has 1 heterocycles. The zero-order chi connectivity index (χ0) is 22.6. The molecule has 3 fully saturated rings. The van der Waals surface area contributed by atoms with Crippen LogP contribution in [-0.2, 0) is 9.47 Å². The minimum atomic E-state index is -1.30. The fourth-order valence-corrected chi connectivity index (χ4v) is 6.30. The standard InChI is InChI=1S/C27H40F2O3/c1-3-15-27(29)17-31-26(32-18-27)22-11-7-20(8-12-22)19-5-9-21(10-6-19)24-14-13-23(30-4-2)16-25(24)28/h13-14,16,19-22,26H,3-12,15,17-18H2,1-2H3. The Morgan fingerprint density at radius 1 is 0.906 bits per heavy atom. The second kappa shape index (κ2) is 10.8. The fraction of sp³-hybridized carbons (Fsp3) is 0.778.